The molecule has 0 amide bonds. The highest BCUT2D eigenvalue weighted by Gasteiger charge is 2.38. The van der Waals surface area contributed by atoms with Gasteiger partial charge >= 0.3 is 0 Å². The topological polar surface area (TPSA) is 33.1 Å². The molecule has 1 fully saturated rings. The third kappa shape index (κ3) is 1.39. The third-order valence-corrected chi connectivity index (χ3v) is 4.17. The SMILES string of the molecule is CC1CC(O)(c2cnsc2)CS1. The van der Waals surface area contributed by atoms with Crippen molar-refractivity contribution in [2.24, 2.45) is 0 Å². The number of aliphatic hydroxyl groups is 1. The molecule has 0 spiro atoms. The van der Waals surface area contributed by atoms with Crippen molar-refractivity contribution in [2.75, 3.05) is 5.75 Å². The van der Waals surface area contributed by atoms with Crippen molar-refractivity contribution in [2.45, 2.75) is 24.2 Å². The Balaban J connectivity index is 2.23. The van der Waals surface area contributed by atoms with Crippen LogP contribution in [0.3, 0.4) is 0 Å². The van der Waals surface area contributed by atoms with Crippen molar-refractivity contribution < 1.29 is 5.11 Å². The number of thioether (sulfide) groups is 1. The van der Waals surface area contributed by atoms with Gasteiger partial charge in [0.05, 0.1) is 0 Å². The lowest BCUT2D eigenvalue weighted by Gasteiger charge is -2.19. The first kappa shape index (κ1) is 8.53. The molecule has 1 aliphatic rings. The summed E-state index contributed by atoms with van der Waals surface area (Å²) < 4.78 is 4.01. The largest absolute Gasteiger partial charge is 0.384 e. The first-order chi connectivity index (χ1) is 5.71. The molecule has 2 heterocycles. The zero-order chi connectivity index (χ0) is 8.60. The van der Waals surface area contributed by atoms with Crippen LogP contribution in [-0.2, 0) is 5.60 Å². The molecule has 4 heteroatoms. The Morgan fingerprint density at radius 2 is 2.58 bits per heavy atom. The van der Waals surface area contributed by atoms with E-state index in [9.17, 15) is 5.11 Å². The molecular weight excluding hydrogens is 190 g/mol. The van der Waals surface area contributed by atoms with E-state index >= 15 is 0 Å². The number of nitrogens with zero attached hydrogens (tertiary/aromatic N) is 1. The quantitative estimate of drug-likeness (QED) is 0.753. The van der Waals surface area contributed by atoms with Crippen LogP contribution in [0.1, 0.15) is 18.9 Å². The Bertz CT molecular complexity index is 262. The van der Waals surface area contributed by atoms with Crippen LogP contribution in [0, 0.1) is 0 Å². The minimum Gasteiger partial charge on any atom is -0.384 e. The van der Waals surface area contributed by atoms with E-state index in [1.165, 1.54) is 11.5 Å². The summed E-state index contributed by atoms with van der Waals surface area (Å²) in [6.07, 6.45) is 2.64. The summed E-state index contributed by atoms with van der Waals surface area (Å²) >= 11 is 3.24. The fourth-order valence-electron chi connectivity index (χ4n) is 1.51. The van der Waals surface area contributed by atoms with Crippen molar-refractivity contribution in [3.05, 3.63) is 17.1 Å². The number of hydrogen-bond acceptors (Lipinski definition) is 4. The molecule has 2 rings (SSSR count). The van der Waals surface area contributed by atoms with Crippen molar-refractivity contribution in [1.82, 2.24) is 4.37 Å². The molecule has 2 nitrogen and oxygen atoms in total. The Morgan fingerprint density at radius 3 is 3.08 bits per heavy atom. The molecule has 2 atom stereocenters. The fraction of sp³-hybridized carbons (Fsp3) is 0.625. The maximum atomic E-state index is 10.2. The van der Waals surface area contributed by atoms with E-state index in [1.807, 2.05) is 17.1 Å². The second-order valence-electron chi connectivity index (χ2n) is 3.27. The van der Waals surface area contributed by atoms with Gasteiger partial charge in [0.15, 0.2) is 0 Å². The van der Waals surface area contributed by atoms with Crippen LogP contribution in [0.2, 0.25) is 0 Å². The van der Waals surface area contributed by atoms with E-state index in [2.05, 4.69) is 11.3 Å². The van der Waals surface area contributed by atoms with Gasteiger partial charge in [-0.15, -0.1) is 0 Å². The van der Waals surface area contributed by atoms with Gasteiger partial charge in [-0.3, -0.25) is 0 Å². The molecule has 1 saturated heterocycles. The summed E-state index contributed by atoms with van der Waals surface area (Å²) in [7, 11) is 0. The van der Waals surface area contributed by atoms with Crippen LogP contribution in [-0.4, -0.2) is 20.5 Å². The van der Waals surface area contributed by atoms with Crippen LogP contribution < -0.4 is 0 Å². The van der Waals surface area contributed by atoms with Gasteiger partial charge < -0.3 is 5.11 Å². The highest BCUT2D eigenvalue weighted by molar-refractivity contribution is 8.00. The van der Waals surface area contributed by atoms with Crippen LogP contribution in [0.15, 0.2) is 11.6 Å². The average Bonchev–Trinajstić information content (AvgIpc) is 2.59. The van der Waals surface area contributed by atoms with Gasteiger partial charge in [0.1, 0.15) is 5.60 Å². The maximum Gasteiger partial charge on any atom is 0.102 e. The molecule has 0 bridgehead atoms. The van der Waals surface area contributed by atoms with E-state index in [-0.39, 0.29) is 0 Å². The zero-order valence-corrected chi connectivity index (χ0v) is 8.49. The number of hydrogen-bond donors (Lipinski definition) is 1. The first-order valence-electron chi connectivity index (χ1n) is 3.94. The molecule has 66 valence electrons. The van der Waals surface area contributed by atoms with E-state index in [0.717, 1.165) is 17.7 Å². The summed E-state index contributed by atoms with van der Waals surface area (Å²) in [5.74, 6) is 0.812. The highest BCUT2D eigenvalue weighted by atomic mass is 32.2. The molecule has 12 heavy (non-hydrogen) atoms. The predicted octanol–water partition coefficient (Wildman–Crippen LogP) is 1.86. The van der Waals surface area contributed by atoms with Gasteiger partial charge in [-0.2, -0.15) is 11.8 Å². The second-order valence-corrected chi connectivity index (χ2v) is 5.35. The number of aromatic nitrogens is 1. The van der Waals surface area contributed by atoms with E-state index in [4.69, 9.17) is 0 Å². The Kier molecular flexibility index (Phi) is 2.14. The molecule has 1 aromatic rings. The molecule has 1 N–H and O–H groups in total. The van der Waals surface area contributed by atoms with Gasteiger partial charge in [0.2, 0.25) is 0 Å². The van der Waals surface area contributed by atoms with Crippen LogP contribution >= 0.6 is 23.3 Å². The molecule has 0 aromatic carbocycles. The zero-order valence-electron chi connectivity index (χ0n) is 6.86. The third-order valence-electron chi connectivity index (χ3n) is 2.20. The Morgan fingerprint density at radius 1 is 1.75 bits per heavy atom. The fourth-order valence-corrected chi connectivity index (χ4v) is 3.38. The van der Waals surface area contributed by atoms with E-state index in [0.29, 0.717) is 5.25 Å². The first-order valence-corrected chi connectivity index (χ1v) is 5.83. The standard InChI is InChI=1S/C8H11NOS2/c1-6-2-8(10,5-11-6)7-3-9-12-4-7/h3-4,6,10H,2,5H2,1H3. The minimum atomic E-state index is -0.600. The molecule has 0 radical (unpaired) electrons. The van der Waals surface area contributed by atoms with Crippen LogP contribution in [0.5, 0.6) is 0 Å². The lowest BCUT2D eigenvalue weighted by atomic mass is 9.95. The molecule has 2 unspecified atom stereocenters. The van der Waals surface area contributed by atoms with Gasteiger partial charge in [-0.25, -0.2) is 4.37 Å². The summed E-state index contributed by atoms with van der Waals surface area (Å²) in [4.78, 5) is 0. The maximum absolute atomic E-state index is 10.2. The summed E-state index contributed by atoms with van der Waals surface area (Å²) in [6, 6.07) is 0. The smallest absolute Gasteiger partial charge is 0.102 e. The normalized spacial score (nSPS) is 35.7. The molecule has 0 aliphatic carbocycles. The Labute approximate surface area is 80.2 Å². The lowest BCUT2D eigenvalue weighted by Crippen LogP contribution is -2.24. The molecule has 1 aromatic heterocycles. The van der Waals surface area contributed by atoms with Crippen molar-refractivity contribution in [3.8, 4) is 0 Å². The number of rotatable bonds is 1. The average molecular weight is 201 g/mol. The summed E-state index contributed by atoms with van der Waals surface area (Å²) in [5, 5.41) is 12.7. The summed E-state index contributed by atoms with van der Waals surface area (Å²) in [5.41, 5.74) is 0.390. The predicted molar refractivity (Wildman–Crippen MR) is 52.5 cm³/mol. The van der Waals surface area contributed by atoms with Gasteiger partial charge in [-0.05, 0) is 18.0 Å². The van der Waals surface area contributed by atoms with E-state index in [1.54, 1.807) is 6.20 Å². The molecular formula is C8H11NOS2. The van der Waals surface area contributed by atoms with Gasteiger partial charge in [0, 0.05) is 28.1 Å². The monoisotopic (exact) mass is 201 g/mol. The second kappa shape index (κ2) is 3.01. The van der Waals surface area contributed by atoms with Gasteiger partial charge in [0.25, 0.3) is 0 Å². The highest BCUT2D eigenvalue weighted by Crippen LogP contribution is 2.41. The molecule has 0 saturated carbocycles. The summed E-state index contributed by atoms with van der Waals surface area (Å²) in [6.45, 7) is 2.16. The van der Waals surface area contributed by atoms with Crippen molar-refractivity contribution in [3.63, 3.8) is 0 Å². The molecule has 1 aliphatic heterocycles. The van der Waals surface area contributed by atoms with Gasteiger partial charge in [-0.1, -0.05) is 6.92 Å². The Hall–Kier alpha value is -0.0600. The lowest BCUT2D eigenvalue weighted by molar-refractivity contribution is 0.0615. The van der Waals surface area contributed by atoms with E-state index < -0.39 is 5.60 Å². The van der Waals surface area contributed by atoms with Crippen LogP contribution in [0.4, 0.5) is 0 Å². The van der Waals surface area contributed by atoms with Crippen molar-refractivity contribution in [1.29, 1.82) is 0 Å². The minimum absolute atomic E-state index is 0.565. The van der Waals surface area contributed by atoms with Crippen LogP contribution in [0.25, 0.3) is 0 Å². The van der Waals surface area contributed by atoms with Crippen molar-refractivity contribution >= 4 is 23.3 Å².